The van der Waals surface area contributed by atoms with E-state index in [0.29, 0.717) is 0 Å². The van der Waals surface area contributed by atoms with Crippen LogP contribution >= 0.6 is 15.9 Å². The molecule has 4 aliphatic carbocycles. The van der Waals surface area contributed by atoms with Crippen molar-refractivity contribution in [2.75, 3.05) is 0 Å². The SMILES string of the molecule is O=C(O)C(/C=C/c1ccc(Br)cc1)C12CC3CC(CC(C3)C1)C2. The molecule has 4 fully saturated rings. The van der Waals surface area contributed by atoms with Gasteiger partial charge in [-0.2, -0.15) is 0 Å². The Hall–Kier alpha value is -1.09. The number of carbonyl (C=O) groups is 1. The summed E-state index contributed by atoms with van der Waals surface area (Å²) >= 11 is 3.44. The van der Waals surface area contributed by atoms with Gasteiger partial charge in [-0.1, -0.05) is 40.2 Å². The highest BCUT2D eigenvalue weighted by atomic mass is 79.9. The summed E-state index contributed by atoms with van der Waals surface area (Å²) in [6.45, 7) is 0. The first-order valence-corrected chi connectivity index (χ1v) is 9.50. The largest absolute Gasteiger partial charge is 0.481 e. The van der Waals surface area contributed by atoms with Gasteiger partial charge in [0.25, 0.3) is 0 Å². The van der Waals surface area contributed by atoms with Crippen molar-refractivity contribution >= 4 is 28.0 Å². The van der Waals surface area contributed by atoms with Crippen molar-refractivity contribution < 1.29 is 9.90 Å². The topological polar surface area (TPSA) is 37.3 Å². The minimum atomic E-state index is -0.639. The molecule has 3 heteroatoms. The summed E-state index contributed by atoms with van der Waals surface area (Å²) in [5, 5.41) is 9.90. The number of aliphatic carboxylic acids is 1. The summed E-state index contributed by atoms with van der Waals surface area (Å²) in [4.78, 5) is 12.0. The number of rotatable bonds is 4. The lowest BCUT2D eigenvalue weighted by atomic mass is 9.46. The van der Waals surface area contributed by atoms with Crippen LogP contribution in [0.1, 0.15) is 44.1 Å². The highest BCUT2D eigenvalue weighted by molar-refractivity contribution is 9.10. The molecule has 5 rings (SSSR count). The molecule has 1 unspecified atom stereocenters. The van der Waals surface area contributed by atoms with E-state index in [-0.39, 0.29) is 11.3 Å². The van der Waals surface area contributed by atoms with Crippen molar-refractivity contribution in [3.05, 3.63) is 40.4 Å². The summed E-state index contributed by atoms with van der Waals surface area (Å²) in [5.41, 5.74) is 1.09. The van der Waals surface area contributed by atoms with E-state index in [1.165, 1.54) is 19.3 Å². The van der Waals surface area contributed by atoms with Crippen molar-refractivity contribution in [2.45, 2.75) is 38.5 Å². The zero-order chi connectivity index (χ0) is 16.0. The second-order valence-electron chi connectivity index (χ2n) is 8.01. The molecule has 1 aromatic carbocycles. The van der Waals surface area contributed by atoms with Crippen LogP contribution < -0.4 is 0 Å². The highest BCUT2D eigenvalue weighted by Crippen LogP contribution is 2.63. The van der Waals surface area contributed by atoms with Crippen LogP contribution in [0.2, 0.25) is 0 Å². The van der Waals surface area contributed by atoms with Crippen molar-refractivity contribution in [2.24, 2.45) is 29.1 Å². The second kappa shape index (κ2) is 5.77. The van der Waals surface area contributed by atoms with Crippen LogP contribution in [0.5, 0.6) is 0 Å². The third-order valence-electron chi connectivity index (χ3n) is 6.36. The maximum atomic E-state index is 12.0. The molecule has 0 amide bonds. The minimum absolute atomic E-state index is 0.0203. The van der Waals surface area contributed by atoms with Gasteiger partial charge in [0.2, 0.25) is 0 Å². The van der Waals surface area contributed by atoms with Gasteiger partial charge in [0.1, 0.15) is 0 Å². The summed E-state index contributed by atoms with van der Waals surface area (Å²) in [7, 11) is 0. The van der Waals surface area contributed by atoms with E-state index in [0.717, 1.165) is 47.1 Å². The minimum Gasteiger partial charge on any atom is -0.481 e. The van der Waals surface area contributed by atoms with Gasteiger partial charge in [0, 0.05) is 4.47 Å². The van der Waals surface area contributed by atoms with Gasteiger partial charge in [-0.05, 0) is 79.4 Å². The van der Waals surface area contributed by atoms with Gasteiger partial charge in [0.05, 0.1) is 5.92 Å². The van der Waals surface area contributed by atoms with Crippen molar-refractivity contribution in [3.8, 4) is 0 Å². The molecule has 0 radical (unpaired) electrons. The van der Waals surface area contributed by atoms with Crippen molar-refractivity contribution in [1.82, 2.24) is 0 Å². The van der Waals surface area contributed by atoms with Gasteiger partial charge >= 0.3 is 5.97 Å². The first-order valence-electron chi connectivity index (χ1n) is 8.71. The zero-order valence-corrected chi connectivity index (χ0v) is 14.8. The third kappa shape index (κ3) is 2.88. The average Bonchev–Trinajstić information content (AvgIpc) is 2.47. The molecule has 0 saturated heterocycles. The lowest BCUT2D eigenvalue weighted by molar-refractivity contribution is -0.153. The molecule has 4 bridgehead atoms. The summed E-state index contributed by atoms with van der Waals surface area (Å²) < 4.78 is 1.05. The smallest absolute Gasteiger partial charge is 0.310 e. The van der Waals surface area contributed by atoms with E-state index in [9.17, 15) is 9.90 Å². The number of hydrogen-bond acceptors (Lipinski definition) is 1. The Kier molecular flexibility index (Phi) is 3.87. The predicted octanol–water partition coefficient (Wildman–Crippen LogP) is 5.38. The van der Waals surface area contributed by atoms with E-state index in [4.69, 9.17) is 0 Å². The van der Waals surface area contributed by atoms with E-state index in [1.54, 1.807) is 0 Å². The van der Waals surface area contributed by atoms with Crippen LogP contribution in [0.15, 0.2) is 34.8 Å². The Morgan fingerprint density at radius 3 is 2.09 bits per heavy atom. The van der Waals surface area contributed by atoms with Crippen LogP contribution in [0.25, 0.3) is 6.08 Å². The zero-order valence-electron chi connectivity index (χ0n) is 13.2. The van der Waals surface area contributed by atoms with Crippen molar-refractivity contribution in [1.29, 1.82) is 0 Å². The number of benzene rings is 1. The number of hydrogen-bond donors (Lipinski definition) is 1. The molecule has 4 saturated carbocycles. The molecule has 4 aliphatic rings. The Morgan fingerprint density at radius 2 is 1.61 bits per heavy atom. The molecular weight excluding hydrogens is 352 g/mol. The van der Waals surface area contributed by atoms with Crippen LogP contribution in [0.4, 0.5) is 0 Å². The van der Waals surface area contributed by atoms with E-state index in [1.807, 2.05) is 36.4 Å². The number of halogens is 1. The quantitative estimate of drug-likeness (QED) is 0.767. The summed E-state index contributed by atoms with van der Waals surface area (Å²) in [6, 6.07) is 8.05. The Bertz CT molecular complexity index is 596. The Morgan fingerprint density at radius 1 is 1.09 bits per heavy atom. The first-order chi connectivity index (χ1) is 11.0. The molecule has 122 valence electrons. The fourth-order valence-corrected chi connectivity index (χ4v) is 6.15. The average molecular weight is 375 g/mol. The molecule has 0 heterocycles. The van der Waals surface area contributed by atoms with Gasteiger partial charge in [0.15, 0.2) is 0 Å². The summed E-state index contributed by atoms with van der Waals surface area (Å²) in [5.74, 6) is 1.37. The molecule has 0 spiro atoms. The molecule has 23 heavy (non-hydrogen) atoms. The number of carboxylic acids is 1. The fourth-order valence-electron chi connectivity index (χ4n) is 5.89. The first kappa shape index (κ1) is 15.4. The molecule has 0 aliphatic heterocycles. The van der Waals surface area contributed by atoms with E-state index >= 15 is 0 Å². The Labute approximate surface area is 146 Å². The van der Waals surface area contributed by atoms with Gasteiger partial charge in [-0.15, -0.1) is 0 Å². The van der Waals surface area contributed by atoms with Gasteiger partial charge < -0.3 is 5.11 Å². The lowest BCUT2D eigenvalue weighted by Crippen LogP contribution is -2.50. The molecule has 1 aromatic rings. The van der Waals surface area contributed by atoms with Crippen LogP contribution in [-0.4, -0.2) is 11.1 Å². The predicted molar refractivity (Wildman–Crippen MR) is 94.9 cm³/mol. The fraction of sp³-hybridized carbons (Fsp3) is 0.550. The monoisotopic (exact) mass is 374 g/mol. The van der Waals surface area contributed by atoms with Gasteiger partial charge in [-0.3, -0.25) is 4.79 Å². The maximum Gasteiger partial charge on any atom is 0.310 e. The molecule has 2 nitrogen and oxygen atoms in total. The summed E-state index contributed by atoms with van der Waals surface area (Å²) in [6.07, 6.45) is 11.4. The van der Waals surface area contributed by atoms with E-state index < -0.39 is 5.97 Å². The maximum absolute atomic E-state index is 12.0. The molecule has 0 aromatic heterocycles. The number of carboxylic acid groups (broad SMARTS) is 1. The van der Waals surface area contributed by atoms with Crippen LogP contribution in [-0.2, 0) is 4.79 Å². The van der Waals surface area contributed by atoms with E-state index in [2.05, 4.69) is 15.9 Å². The van der Waals surface area contributed by atoms with Crippen LogP contribution in [0.3, 0.4) is 0 Å². The highest BCUT2D eigenvalue weighted by Gasteiger charge is 2.55. The third-order valence-corrected chi connectivity index (χ3v) is 6.89. The second-order valence-corrected chi connectivity index (χ2v) is 8.92. The lowest BCUT2D eigenvalue weighted by Gasteiger charge is -2.58. The normalized spacial score (nSPS) is 36.5. The molecular formula is C20H23BrO2. The standard InChI is InChI=1S/C20H23BrO2/c21-17-4-1-13(2-5-17)3-6-18(19(22)23)20-10-14-7-15(11-20)9-16(8-14)12-20/h1-6,14-16,18H,7-12H2,(H,22,23)/b6-3+. The molecule has 1 N–H and O–H groups in total. The Balaban J connectivity index is 1.61. The van der Waals surface area contributed by atoms with Crippen molar-refractivity contribution in [3.63, 3.8) is 0 Å². The molecule has 1 atom stereocenters. The van der Waals surface area contributed by atoms with Gasteiger partial charge in [-0.25, -0.2) is 0 Å². The van der Waals surface area contributed by atoms with Crippen LogP contribution in [0, 0.1) is 29.1 Å².